The third-order valence-electron chi connectivity index (χ3n) is 5.50. The highest BCUT2D eigenvalue weighted by Gasteiger charge is 2.26. The van der Waals surface area contributed by atoms with Crippen LogP contribution in [0, 0.1) is 0 Å². The quantitative estimate of drug-likeness (QED) is 0.686. The minimum absolute atomic E-state index is 0.493. The number of hydrogen-bond acceptors (Lipinski definition) is 6. The monoisotopic (exact) mass is 407 g/mol. The fourth-order valence-corrected chi connectivity index (χ4v) is 4.22. The number of para-hydroxylation sites is 1. The first kappa shape index (κ1) is 18.0. The molecule has 0 bridgehead atoms. The molecule has 2 aliphatic heterocycles. The zero-order chi connectivity index (χ0) is 19.8. The SMILES string of the molecule is Nc1n[nH]c2c1CN(c1ccccc1Cl)C=C2c1ccnc(N2CCCCC2)n1. The van der Waals surface area contributed by atoms with Crippen molar-refractivity contribution in [3.63, 3.8) is 0 Å². The first-order chi connectivity index (χ1) is 14.2. The van der Waals surface area contributed by atoms with Crippen molar-refractivity contribution in [1.29, 1.82) is 0 Å². The van der Waals surface area contributed by atoms with Crippen LogP contribution in [0.5, 0.6) is 0 Å². The molecule has 3 N–H and O–H groups in total. The van der Waals surface area contributed by atoms with Gasteiger partial charge in [0.1, 0.15) is 0 Å². The van der Waals surface area contributed by atoms with Gasteiger partial charge in [-0.2, -0.15) is 5.10 Å². The third-order valence-corrected chi connectivity index (χ3v) is 5.82. The number of aromatic nitrogens is 4. The van der Waals surface area contributed by atoms with Gasteiger partial charge in [0.25, 0.3) is 0 Å². The second-order valence-electron chi connectivity index (χ2n) is 7.37. The minimum Gasteiger partial charge on any atom is -0.382 e. The van der Waals surface area contributed by atoms with E-state index in [-0.39, 0.29) is 0 Å². The standard InChI is InChI=1S/C21H22ClN7/c22-16-6-2-3-7-18(16)29-12-14(19-15(13-29)20(23)27-26-19)17-8-9-24-21(25-17)28-10-4-1-5-11-28/h2-3,6-9,12H,1,4-5,10-11,13H2,(H3,23,26,27). The van der Waals surface area contributed by atoms with Gasteiger partial charge in [-0.05, 0) is 37.5 Å². The molecule has 0 saturated carbocycles. The lowest BCUT2D eigenvalue weighted by atomic mass is 10.0. The number of fused-ring (bicyclic) bond motifs is 1. The highest BCUT2D eigenvalue weighted by atomic mass is 35.5. The maximum atomic E-state index is 6.46. The zero-order valence-corrected chi connectivity index (χ0v) is 16.7. The Kier molecular flexibility index (Phi) is 4.60. The first-order valence-electron chi connectivity index (χ1n) is 9.85. The van der Waals surface area contributed by atoms with Gasteiger partial charge in [-0.3, -0.25) is 5.10 Å². The van der Waals surface area contributed by atoms with Gasteiger partial charge >= 0.3 is 0 Å². The van der Waals surface area contributed by atoms with E-state index in [1.807, 2.05) is 36.5 Å². The summed E-state index contributed by atoms with van der Waals surface area (Å²) in [4.78, 5) is 13.7. The first-order valence-corrected chi connectivity index (χ1v) is 10.2. The maximum absolute atomic E-state index is 6.46. The molecule has 29 heavy (non-hydrogen) atoms. The van der Waals surface area contributed by atoms with Gasteiger partial charge < -0.3 is 15.5 Å². The molecule has 1 fully saturated rings. The minimum atomic E-state index is 0.493. The second-order valence-corrected chi connectivity index (χ2v) is 7.78. The van der Waals surface area contributed by atoms with Crippen LogP contribution in [0.2, 0.25) is 5.02 Å². The molecule has 0 spiro atoms. The molecule has 1 saturated heterocycles. The van der Waals surface area contributed by atoms with E-state index in [2.05, 4.69) is 31.2 Å². The molecule has 2 aromatic heterocycles. The lowest BCUT2D eigenvalue weighted by Crippen LogP contribution is -2.31. The number of nitrogens with zero attached hydrogens (tertiary/aromatic N) is 5. The Morgan fingerprint density at radius 1 is 1.07 bits per heavy atom. The Labute approximate surface area is 174 Å². The predicted molar refractivity (Wildman–Crippen MR) is 116 cm³/mol. The molecule has 3 aromatic rings. The van der Waals surface area contributed by atoms with Crippen LogP contribution in [-0.2, 0) is 6.54 Å². The molecule has 0 atom stereocenters. The maximum Gasteiger partial charge on any atom is 0.225 e. The molecule has 1 aromatic carbocycles. The number of nitrogens with two attached hydrogens (primary N) is 1. The van der Waals surface area contributed by atoms with Gasteiger partial charge in [-0.1, -0.05) is 23.7 Å². The second kappa shape index (κ2) is 7.40. The summed E-state index contributed by atoms with van der Waals surface area (Å²) in [5.74, 6) is 1.26. The Morgan fingerprint density at radius 3 is 2.72 bits per heavy atom. The molecule has 0 unspecified atom stereocenters. The lowest BCUT2D eigenvalue weighted by Gasteiger charge is -2.29. The van der Waals surface area contributed by atoms with Gasteiger partial charge in [-0.25, -0.2) is 9.97 Å². The van der Waals surface area contributed by atoms with E-state index in [0.29, 0.717) is 17.4 Å². The number of anilines is 3. The zero-order valence-electron chi connectivity index (χ0n) is 16.0. The van der Waals surface area contributed by atoms with Crippen molar-refractivity contribution in [3.05, 3.63) is 64.7 Å². The van der Waals surface area contributed by atoms with Gasteiger partial charge in [0.2, 0.25) is 5.95 Å². The highest BCUT2D eigenvalue weighted by molar-refractivity contribution is 6.33. The average molecular weight is 408 g/mol. The van der Waals surface area contributed by atoms with E-state index >= 15 is 0 Å². The van der Waals surface area contributed by atoms with Crippen LogP contribution in [-0.4, -0.2) is 33.3 Å². The van der Waals surface area contributed by atoms with Crippen molar-refractivity contribution in [3.8, 4) is 0 Å². The number of hydrogen-bond donors (Lipinski definition) is 2. The summed E-state index contributed by atoms with van der Waals surface area (Å²) in [6, 6.07) is 9.71. The van der Waals surface area contributed by atoms with Gasteiger partial charge in [0.05, 0.1) is 28.6 Å². The number of H-pyrrole nitrogens is 1. The van der Waals surface area contributed by atoms with Gasteiger partial charge in [-0.15, -0.1) is 0 Å². The lowest BCUT2D eigenvalue weighted by molar-refractivity contribution is 0.568. The molecule has 2 aliphatic rings. The number of benzene rings is 1. The van der Waals surface area contributed by atoms with E-state index in [0.717, 1.165) is 47.2 Å². The normalized spacial score (nSPS) is 16.5. The molecule has 5 rings (SSSR count). The summed E-state index contributed by atoms with van der Waals surface area (Å²) >= 11 is 6.46. The molecule has 4 heterocycles. The van der Waals surface area contributed by atoms with E-state index in [4.69, 9.17) is 22.3 Å². The fourth-order valence-electron chi connectivity index (χ4n) is 3.98. The van der Waals surface area contributed by atoms with Crippen molar-refractivity contribution in [1.82, 2.24) is 20.2 Å². The van der Waals surface area contributed by atoms with Crippen LogP contribution in [0.4, 0.5) is 17.5 Å². The summed E-state index contributed by atoms with van der Waals surface area (Å²) in [5, 5.41) is 8.00. The molecule has 148 valence electrons. The summed E-state index contributed by atoms with van der Waals surface area (Å²) in [5.41, 5.74) is 10.7. The molecule has 0 radical (unpaired) electrons. The van der Waals surface area contributed by atoms with Crippen LogP contribution in [0.3, 0.4) is 0 Å². The van der Waals surface area contributed by atoms with Crippen molar-refractivity contribution in [2.24, 2.45) is 0 Å². The van der Waals surface area contributed by atoms with E-state index in [1.165, 1.54) is 19.3 Å². The highest BCUT2D eigenvalue weighted by Crippen LogP contribution is 2.37. The summed E-state index contributed by atoms with van der Waals surface area (Å²) < 4.78 is 0. The topological polar surface area (TPSA) is 87.0 Å². The Bertz CT molecular complexity index is 1070. The van der Waals surface area contributed by atoms with Crippen LogP contribution in [0.25, 0.3) is 5.57 Å². The Balaban J connectivity index is 1.59. The number of piperidine rings is 1. The fraction of sp³-hybridized carbons (Fsp3) is 0.286. The molecule has 8 heteroatoms. The molecular weight excluding hydrogens is 386 g/mol. The van der Waals surface area contributed by atoms with Crippen LogP contribution >= 0.6 is 11.6 Å². The van der Waals surface area contributed by atoms with Gasteiger partial charge in [0, 0.05) is 36.6 Å². The summed E-state index contributed by atoms with van der Waals surface area (Å²) in [6.45, 7) is 2.59. The van der Waals surface area contributed by atoms with Crippen molar-refractivity contribution >= 4 is 34.6 Å². The van der Waals surface area contributed by atoms with Crippen LogP contribution in [0.1, 0.15) is 36.2 Å². The third kappa shape index (κ3) is 3.31. The molecular formula is C21H22ClN7. The van der Waals surface area contributed by atoms with E-state index < -0.39 is 0 Å². The Morgan fingerprint density at radius 2 is 1.90 bits per heavy atom. The van der Waals surface area contributed by atoms with E-state index in [1.54, 1.807) is 0 Å². The molecule has 0 aliphatic carbocycles. The van der Waals surface area contributed by atoms with Crippen molar-refractivity contribution in [2.45, 2.75) is 25.8 Å². The number of halogens is 1. The molecule has 7 nitrogen and oxygen atoms in total. The van der Waals surface area contributed by atoms with Crippen LogP contribution in [0.15, 0.2) is 42.7 Å². The van der Waals surface area contributed by atoms with Gasteiger partial charge in [0.15, 0.2) is 5.82 Å². The largest absolute Gasteiger partial charge is 0.382 e. The summed E-state index contributed by atoms with van der Waals surface area (Å²) in [6.07, 6.45) is 7.50. The number of nitrogens with one attached hydrogen (secondary N) is 1. The smallest absolute Gasteiger partial charge is 0.225 e. The average Bonchev–Trinajstić information content (AvgIpc) is 3.15. The van der Waals surface area contributed by atoms with Crippen molar-refractivity contribution < 1.29 is 0 Å². The van der Waals surface area contributed by atoms with Crippen LogP contribution < -0.4 is 15.5 Å². The predicted octanol–water partition coefficient (Wildman–Crippen LogP) is 3.84. The summed E-state index contributed by atoms with van der Waals surface area (Å²) in [7, 11) is 0. The molecule has 0 amide bonds. The van der Waals surface area contributed by atoms with Crippen molar-refractivity contribution in [2.75, 3.05) is 28.6 Å². The Hall–Kier alpha value is -3.06. The number of rotatable bonds is 3. The number of aromatic amines is 1. The number of nitrogen functional groups attached to an aromatic ring is 1. The van der Waals surface area contributed by atoms with E-state index in [9.17, 15) is 0 Å².